The van der Waals surface area contributed by atoms with Crippen molar-refractivity contribution in [2.75, 3.05) is 0 Å². The SMILES string of the molecule is [Cl][Ir]([Cl])[Cl].[Rh]. The Morgan fingerprint density at radius 3 is 1.00 bits per heavy atom. The minimum atomic E-state index is -1.92. The van der Waals surface area contributed by atoms with E-state index in [1.165, 1.54) is 0 Å². The number of hydrogen-bond acceptors (Lipinski definition) is 0. The van der Waals surface area contributed by atoms with Gasteiger partial charge in [-0.25, -0.2) is 0 Å². The topological polar surface area (TPSA) is 0 Å². The molecule has 0 heterocycles. The molecule has 0 saturated carbocycles. The monoisotopic (exact) mass is 401 g/mol. The fourth-order valence-electron chi connectivity index (χ4n) is 0. The van der Waals surface area contributed by atoms with Crippen molar-refractivity contribution in [3.05, 3.63) is 0 Å². The van der Waals surface area contributed by atoms with Gasteiger partial charge in [-0.3, -0.25) is 0 Å². The van der Waals surface area contributed by atoms with E-state index >= 15 is 0 Å². The molecule has 0 nitrogen and oxygen atoms in total. The predicted molar refractivity (Wildman–Crippen MR) is 17.6 cm³/mol. The van der Waals surface area contributed by atoms with Crippen molar-refractivity contribution in [2.45, 2.75) is 0 Å². The largest absolute Gasteiger partial charge is 0 e. The molecule has 1 radical (unpaired) electrons. The molecule has 0 aliphatic heterocycles. The van der Waals surface area contributed by atoms with Gasteiger partial charge in [0.05, 0.1) is 0 Å². The molecule has 0 aromatic heterocycles. The predicted octanol–water partition coefficient (Wildman–Crippen LogP) is 2.06. The van der Waals surface area contributed by atoms with Crippen molar-refractivity contribution >= 4 is 28.8 Å². The average molecular weight is 401 g/mol. The normalized spacial score (nSPS) is 9.00. The van der Waals surface area contributed by atoms with Crippen LogP contribution in [0.1, 0.15) is 0 Å². The maximum Gasteiger partial charge on any atom is 0 e. The van der Waals surface area contributed by atoms with Crippen LogP contribution < -0.4 is 0 Å². The Balaban J connectivity index is 0. The standard InChI is InChI=1S/3ClH.Ir.Rh/h3*1H;;/q;;;+3;/p-3. The zero-order chi connectivity index (χ0) is 3.58. The molecule has 0 spiro atoms. The van der Waals surface area contributed by atoms with E-state index in [1.54, 1.807) is 0 Å². The summed E-state index contributed by atoms with van der Waals surface area (Å²) in [5, 5.41) is 0. The van der Waals surface area contributed by atoms with Crippen LogP contribution in [0.15, 0.2) is 0 Å². The van der Waals surface area contributed by atoms with Crippen LogP contribution in [-0.2, 0) is 32.9 Å². The molecule has 0 bridgehead atoms. The van der Waals surface area contributed by atoms with Crippen molar-refractivity contribution in [3.63, 3.8) is 0 Å². The minimum Gasteiger partial charge on any atom is 0 e. The van der Waals surface area contributed by atoms with Gasteiger partial charge in [0.15, 0.2) is 0 Å². The smallest absolute Gasteiger partial charge is 0 e. The first-order chi connectivity index (χ1) is 1.73. The summed E-state index contributed by atoms with van der Waals surface area (Å²) in [4.78, 5) is 0. The summed E-state index contributed by atoms with van der Waals surface area (Å²) in [6.07, 6.45) is 0. The second-order valence-electron chi connectivity index (χ2n) is 0.143. The van der Waals surface area contributed by atoms with Gasteiger partial charge in [0, 0.05) is 19.5 Å². The fourth-order valence-corrected chi connectivity index (χ4v) is 0. The molecular formula is Cl3IrRh. The molecule has 0 rings (SSSR count). The molecule has 0 amide bonds. The molecule has 0 aromatic carbocycles. The fraction of sp³-hybridized carbons (Fsp3) is 0. The third-order valence-electron chi connectivity index (χ3n) is 0. The first kappa shape index (κ1) is 10.2. The van der Waals surface area contributed by atoms with Gasteiger partial charge in [-0.15, -0.1) is 0 Å². The van der Waals surface area contributed by atoms with Gasteiger partial charge in [0.2, 0.25) is 0 Å². The van der Waals surface area contributed by atoms with Crippen molar-refractivity contribution in [1.82, 2.24) is 0 Å². The Morgan fingerprint density at radius 2 is 1.00 bits per heavy atom. The van der Waals surface area contributed by atoms with E-state index < -0.39 is 13.5 Å². The van der Waals surface area contributed by atoms with Crippen LogP contribution in [0.3, 0.4) is 0 Å². The van der Waals surface area contributed by atoms with E-state index in [1.807, 2.05) is 0 Å². The second-order valence-corrected chi connectivity index (χ2v) is 10.5. The van der Waals surface area contributed by atoms with E-state index in [0.717, 1.165) is 0 Å². The number of hydrogen-bond donors (Lipinski definition) is 0. The first-order valence-electron chi connectivity index (χ1n) is 0.378. The summed E-state index contributed by atoms with van der Waals surface area (Å²) in [5.41, 5.74) is 0. The van der Waals surface area contributed by atoms with Crippen molar-refractivity contribution < 1.29 is 32.9 Å². The Kier molecular flexibility index (Phi) is 12.5. The van der Waals surface area contributed by atoms with Crippen LogP contribution in [0.2, 0.25) is 0 Å². The molecule has 5 heavy (non-hydrogen) atoms. The molecule has 5 heteroatoms. The molecule has 0 fully saturated rings. The Labute approximate surface area is 61.1 Å². The molecule has 0 unspecified atom stereocenters. The van der Waals surface area contributed by atoms with Crippen LogP contribution in [-0.4, -0.2) is 0 Å². The average Bonchev–Trinajstić information content (AvgIpc) is 0.811. The quantitative estimate of drug-likeness (QED) is 0.545. The second kappa shape index (κ2) is 6.14. The van der Waals surface area contributed by atoms with Crippen LogP contribution in [0.5, 0.6) is 0 Å². The summed E-state index contributed by atoms with van der Waals surface area (Å²) < 4.78 is 0. The van der Waals surface area contributed by atoms with Gasteiger partial charge in [0.25, 0.3) is 0 Å². The number of rotatable bonds is 0. The molecule has 0 N–H and O–H groups in total. The first-order valence-corrected chi connectivity index (χ1v) is 9.28. The van der Waals surface area contributed by atoms with Gasteiger partial charge in [-0.1, -0.05) is 0 Å². The summed E-state index contributed by atoms with van der Waals surface area (Å²) in [6, 6.07) is 0. The third kappa shape index (κ3) is 23.0. The van der Waals surface area contributed by atoms with Gasteiger partial charge in [-0.2, -0.15) is 0 Å². The third-order valence-corrected chi connectivity index (χ3v) is 0. The summed E-state index contributed by atoms with van der Waals surface area (Å²) in [5.74, 6) is 0. The Bertz CT molecular complexity index is 11.6. The van der Waals surface area contributed by atoms with E-state index in [4.69, 9.17) is 28.8 Å². The van der Waals surface area contributed by atoms with E-state index in [9.17, 15) is 0 Å². The van der Waals surface area contributed by atoms with Gasteiger partial charge in [-0.05, 0) is 0 Å². The minimum absolute atomic E-state index is 0. The molecular weight excluding hydrogens is 401 g/mol. The maximum atomic E-state index is 4.97. The molecule has 0 saturated heterocycles. The Morgan fingerprint density at radius 1 is 1.00 bits per heavy atom. The van der Waals surface area contributed by atoms with E-state index in [-0.39, 0.29) is 19.5 Å². The maximum absolute atomic E-state index is 4.97. The van der Waals surface area contributed by atoms with Gasteiger partial charge < -0.3 is 0 Å². The number of halogens is 3. The zero-order valence-electron chi connectivity index (χ0n) is 1.80. The van der Waals surface area contributed by atoms with Gasteiger partial charge in [0.1, 0.15) is 0 Å². The molecule has 0 aliphatic carbocycles. The van der Waals surface area contributed by atoms with E-state index in [2.05, 4.69) is 0 Å². The van der Waals surface area contributed by atoms with Crippen molar-refractivity contribution in [2.24, 2.45) is 0 Å². The summed E-state index contributed by atoms with van der Waals surface area (Å²) in [7, 11) is 14.9. The molecule has 0 aliphatic rings. The van der Waals surface area contributed by atoms with Crippen molar-refractivity contribution in [3.8, 4) is 0 Å². The van der Waals surface area contributed by atoms with Crippen molar-refractivity contribution in [1.29, 1.82) is 0 Å². The Hall–Kier alpha value is 2.14. The summed E-state index contributed by atoms with van der Waals surface area (Å²) in [6.45, 7) is 0. The van der Waals surface area contributed by atoms with Crippen LogP contribution >= 0.6 is 28.8 Å². The van der Waals surface area contributed by atoms with Crippen LogP contribution in [0, 0.1) is 0 Å². The van der Waals surface area contributed by atoms with Crippen LogP contribution in [0.4, 0.5) is 0 Å². The summed E-state index contributed by atoms with van der Waals surface area (Å²) >= 11 is -1.92. The van der Waals surface area contributed by atoms with E-state index in [0.29, 0.717) is 0 Å². The molecule has 39 valence electrons. The van der Waals surface area contributed by atoms with Crippen LogP contribution in [0.25, 0.3) is 0 Å². The van der Waals surface area contributed by atoms with Gasteiger partial charge >= 0.3 is 42.2 Å². The molecule has 0 aromatic rings. The zero-order valence-corrected chi connectivity index (χ0v) is 8.10. The molecule has 0 atom stereocenters.